The lowest BCUT2D eigenvalue weighted by molar-refractivity contribution is -0.122. The van der Waals surface area contributed by atoms with Crippen LogP contribution in [0.5, 0.6) is 0 Å². The molecule has 1 fully saturated rings. The van der Waals surface area contributed by atoms with Crippen molar-refractivity contribution in [2.24, 2.45) is 0 Å². The van der Waals surface area contributed by atoms with Crippen LogP contribution in [0.2, 0.25) is 5.02 Å². The van der Waals surface area contributed by atoms with Gasteiger partial charge < -0.3 is 5.32 Å². The lowest BCUT2D eigenvalue weighted by Gasteiger charge is -2.28. The quantitative estimate of drug-likeness (QED) is 0.864. The molecular formula is C20H20ClNO3S. The van der Waals surface area contributed by atoms with Gasteiger partial charge in [-0.2, -0.15) is 0 Å². The maximum atomic E-state index is 13.1. The molecule has 136 valence electrons. The first-order valence-electron chi connectivity index (χ1n) is 8.83. The van der Waals surface area contributed by atoms with Gasteiger partial charge in [-0.25, -0.2) is 8.42 Å². The van der Waals surface area contributed by atoms with E-state index in [1.807, 2.05) is 18.2 Å². The summed E-state index contributed by atoms with van der Waals surface area (Å²) in [5, 5.41) is 3.49. The van der Waals surface area contributed by atoms with Crippen molar-refractivity contribution in [3.63, 3.8) is 0 Å². The first-order chi connectivity index (χ1) is 12.4. The minimum atomic E-state index is -3.74. The van der Waals surface area contributed by atoms with Crippen LogP contribution >= 0.6 is 11.6 Å². The lowest BCUT2D eigenvalue weighted by atomic mass is 9.87. The fraction of sp³-hybridized carbons (Fsp3) is 0.350. The number of nitrogens with one attached hydrogen (secondary N) is 1. The predicted octanol–water partition coefficient (Wildman–Crippen LogP) is 3.84. The molecule has 0 radical (unpaired) electrons. The minimum absolute atomic E-state index is 0.120. The second-order valence-corrected chi connectivity index (χ2v) is 9.76. The largest absolute Gasteiger partial charge is 0.348 e. The molecule has 0 saturated heterocycles. The Morgan fingerprint density at radius 3 is 2.46 bits per heavy atom. The highest BCUT2D eigenvalue weighted by molar-refractivity contribution is 7.94. The van der Waals surface area contributed by atoms with Gasteiger partial charge in [-0.15, -0.1) is 0 Å². The smallest absolute Gasteiger partial charge is 0.242 e. The molecule has 0 aromatic heterocycles. The molecule has 4 rings (SSSR count). The van der Waals surface area contributed by atoms with E-state index in [-0.39, 0.29) is 16.8 Å². The number of benzene rings is 2. The number of hydrogen-bond donors (Lipinski definition) is 1. The summed E-state index contributed by atoms with van der Waals surface area (Å²) in [4.78, 5) is 13.1. The summed E-state index contributed by atoms with van der Waals surface area (Å²) in [7, 11) is -3.74. The Labute approximate surface area is 158 Å². The molecule has 1 N–H and O–H groups in total. The van der Waals surface area contributed by atoms with Crippen molar-refractivity contribution in [3.05, 3.63) is 64.7 Å². The summed E-state index contributed by atoms with van der Waals surface area (Å²) in [5.41, 5.74) is 2.33. The first-order valence-corrected chi connectivity index (χ1v) is 10.7. The van der Waals surface area contributed by atoms with E-state index in [2.05, 4.69) is 11.4 Å². The van der Waals surface area contributed by atoms with Crippen molar-refractivity contribution >= 4 is 27.3 Å². The maximum Gasteiger partial charge on any atom is 0.242 e. The highest BCUT2D eigenvalue weighted by atomic mass is 35.5. The Morgan fingerprint density at radius 2 is 1.77 bits per heavy atom. The van der Waals surface area contributed by atoms with Crippen molar-refractivity contribution < 1.29 is 13.2 Å². The third-order valence-corrected chi connectivity index (χ3v) is 8.20. The molecule has 2 aromatic rings. The molecule has 0 heterocycles. The van der Waals surface area contributed by atoms with Gasteiger partial charge >= 0.3 is 0 Å². The van der Waals surface area contributed by atoms with E-state index in [4.69, 9.17) is 11.6 Å². The molecule has 0 aliphatic heterocycles. The van der Waals surface area contributed by atoms with Gasteiger partial charge in [0.1, 0.15) is 0 Å². The normalized spacial score (nSPS) is 20.9. The van der Waals surface area contributed by atoms with E-state index < -0.39 is 14.6 Å². The van der Waals surface area contributed by atoms with Crippen molar-refractivity contribution in [2.45, 2.75) is 47.8 Å². The summed E-state index contributed by atoms with van der Waals surface area (Å²) in [5.74, 6) is -0.380. The predicted molar refractivity (Wildman–Crippen MR) is 101 cm³/mol. The molecule has 1 amide bonds. The molecular weight excluding hydrogens is 370 g/mol. The van der Waals surface area contributed by atoms with E-state index in [0.717, 1.165) is 24.8 Å². The van der Waals surface area contributed by atoms with Crippen LogP contribution in [0.4, 0.5) is 0 Å². The highest BCUT2D eigenvalue weighted by Crippen LogP contribution is 2.47. The number of hydrogen-bond acceptors (Lipinski definition) is 3. The molecule has 6 heteroatoms. The molecule has 2 aromatic carbocycles. The van der Waals surface area contributed by atoms with Crippen LogP contribution in [0.25, 0.3) is 0 Å². The van der Waals surface area contributed by atoms with Crippen molar-refractivity contribution in [1.82, 2.24) is 5.32 Å². The lowest BCUT2D eigenvalue weighted by Crippen LogP contribution is -2.44. The van der Waals surface area contributed by atoms with Crippen LogP contribution in [0.15, 0.2) is 53.4 Å². The second-order valence-electron chi connectivity index (χ2n) is 7.07. The van der Waals surface area contributed by atoms with E-state index in [0.29, 0.717) is 17.9 Å². The molecule has 1 atom stereocenters. The Bertz CT molecular complexity index is 949. The van der Waals surface area contributed by atoms with E-state index in [1.165, 1.54) is 17.7 Å². The monoisotopic (exact) mass is 389 g/mol. The third kappa shape index (κ3) is 2.83. The number of amides is 1. The van der Waals surface area contributed by atoms with E-state index in [1.54, 1.807) is 12.1 Å². The van der Waals surface area contributed by atoms with Gasteiger partial charge in [0.05, 0.1) is 10.9 Å². The Morgan fingerprint density at radius 1 is 1.08 bits per heavy atom. The number of fused-ring (bicyclic) bond motifs is 1. The van der Waals surface area contributed by atoms with Gasteiger partial charge in [0.2, 0.25) is 5.91 Å². The van der Waals surface area contributed by atoms with Crippen molar-refractivity contribution in [3.8, 4) is 0 Å². The maximum absolute atomic E-state index is 13.1. The summed E-state index contributed by atoms with van der Waals surface area (Å²) >= 11 is 5.86. The van der Waals surface area contributed by atoms with Crippen LogP contribution < -0.4 is 5.32 Å². The minimum Gasteiger partial charge on any atom is -0.348 e. The highest BCUT2D eigenvalue weighted by Gasteiger charge is 2.61. The molecule has 0 spiro atoms. The van der Waals surface area contributed by atoms with E-state index >= 15 is 0 Å². The summed E-state index contributed by atoms with van der Waals surface area (Å²) < 4.78 is 24.8. The van der Waals surface area contributed by atoms with Gasteiger partial charge in [0.15, 0.2) is 14.6 Å². The van der Waals surface area contributed by atoms with Gasteiger partial charge in [-0.05, 0) is 67.5 Å². The van der Waals surface area contributed by atoms with Crippen LogP contribution in [0, 0.1) is 0 Å². The SMILES string of the molecule is O=C(NC1CCCc2ccccc21)C1(S(=O)(=O)c2ccc(Cl)cc2)CC1. The van der Waals surface area contributed by atoms with Gasteiger partial charge in [-0.3, -0.25) is 4.79 Å². The van der Waals surface area contributed by atoms with Gasteiger partial charge in [0.25, 0.3) is 0 Å². The topological polar surface area (TPSA) is 63.2 Å². The number of carbonyl (C=O) groups excluding carboxylic acids is 1. The molecule has 26 heavy (non-hydrogen) atoms. The number of sulfone groups is 1. The summed E-state index contributed by atoms with van der Waals surface area (Å²) in [6.45, 7) is 0. The van der Waals surface area contributed by atoms with Gasteiger partial charge in [0, 0.05) is 5.02 Å². The summed E-state index contributed by atoms with van der Waals surface area (Å²) in [6, 6.07) is 14.0. The zero-order valence-electron chi connectivity index (χ0n) is 14.2. The number of aryl methyl sites for hydroxylation is 1. The van der Waals surface area contributed by atoms with Crippen LogP contribution in [-0.4, -0.2) is 19.1 Å². The van der Waals surface area contributed by atoms with Crippen LogP contribution in [-0.2, 0) is 21.1 Å². The average molecular weight is 390 g/mol. The van der Waals surface area contributed by atoms with Crippen molar-refractivity contribution in [2.75, 3.05) is 0 Å². The fourth-order valence-electron chi connectivity index (χ4n) is 3.76. The Kier molecular flexibility index (Phi) is 4.32. The van der Waals surface area contributed by atoms with Gasteiger partial charge in [-0.1, -0.05) is 35.9 Å². The molecule has 2 aliphatic rings. The standard InChI is InChI=1S/C20H20ClNO3S/c21-15-8-10-16(11-9-15)26(24,25)20(12-13-20)19(23)22-18-7-3-5-14-4-1-2-6-17(14)18/h1-2,4,6,8-11,18H,3,5,7,12-13H2,(H,22,23). The van der Waals surface area contributed by atoms with E-state index in [9.17, 15) is 13.2 Å². The molecule has 1 unspecified atom stereocenters. The third-order valence-electron chi connectivity index (χ3n) is 5.43. The molecule has 4 nitrogen and oxygen atoms in total. The zero-order valence-corrected chi connectivity index (χ0v) is 15.8. The Hall–Kier alpha value is -1.85. The van der Waals surface area contributed by atoms with Crippen molar-refractivity contribution in [1.29, 1.82) is 0 Å². The Balaban J connectivity index is 1.60. The van der Waals surface area contributed by atoms with Crippen LogP contribution in [0.1, 0.15) is 42.9 Å². The second kappa shape index (κ2) is 6.39. The summed E-state index contributed by atoms with van der Waals surface area (Å²) in [6.07, 6.45) is 3.53. The number of halogens is 1. The number of carbonyl (C=O) groups is 1. The average Bonchev–Trinajstić information content (AvgIpc) is 3.45. The fourth-order valence-corrected chi connectivity index (χ4v) is 5.78. The zero-order chi connectivity index (χ0) is 18.4. The molecule has 2 aliphatic carbocycles. The first kappa shape index (κ1) is 17.6. The molecule has 0 bridgehead atoms. The van der Waals surface area contributed by atoms with Crippen LogP contribution in [0.3, 0.4) is 0 Å². The molecule has 1 saturated carbocycles. The number of rotatable bonds is 4.